The van der Waals surface area contributed by atoms with Crippen molar-refractivity contribution in [1.82, 2.24) is 9.97 Å². The summed E-state index contributed by atoms with van der Waals surface area (Å²) in [5, 5.41) is 4.50. The molecule has 0 saturated carbocycles. The summed E-state index contributed by atoms with van der Waals surface area (Å²) in [5.41, 5.74) is 1.26. The molecule has 0 unspecified atom stereocenters. The van der Waals surface area contributed by atoms with Crippen LogP contribution >= 0.6 is 22.7 Å². The fraction of sp³-hybridized carbons (Fsp3) is 0. The third-order valence-corrected chi connectivity index (χ3v) is 5.10. The van der Waals surface area contributed by atoms with Gasteiger partial charge >= 0.3 is 0 Å². The van der Waals surface area contributed by atoms with Gasteiger partial charge in [0.05, 0.1) is 5.39 Å². The van der Waals surface area contributed by atoms with E-state index < -0.39 is 0 Å². The Morgan fingerprint density at radius 3 is 2.82 bits per heavy atom. The molecule has 0 bridgehead atoms. The Labute approximate surface area is 132 Å². The van der Waals surface area contributed by atoms with Crippen molar-refractivity contribution in [3.8, 4) is 21.8 Å². The number of aromatic nitrogens is 2. The molecule has 108 valence electrons. The maximum absolute atomic E-state index is 13.3. The van der Waals surface area contributed by atoms with E-state index in [0.717, 1.165) is 10.4 Å². The van der Waals surface area contributed by atoms with Gasteiger partial charge in [0.1, 0.15) is 16.5 Å². The van der Waals surface area contributed by atoms with Gasteiger partial charge in [0.15, 0.2) is 0 Å². The van der Waals surface area contributed by atoms with Crippen LogP contribution in [0.15, 0.2) is 52.0 Å². The van der Waals surface area contributed by atoms with Crippen molar-refractivity contribution in [2.75, 3.05) is 0 Å². The van der Waals surface area contributed by atoms with E-state index >= 15 is 0 Å². The predicted molar refractivity (Wildman–Crippen MR) is 88.9 cm³/mol. The lowest BCUT2D eigenvalue weighted by atomic mass is 10.2. The molecule has 0 amide bonds. The molecular formula is C16H9FN2OS2. The van der Waals surface area contributed by atoms with E-state index in [0.29, 0.717) is 21.6 Å². The number of nitrogens with zero attached hydrogens (tertiary/aromatic N) is 1. The van der Waals surface area contributed by atoms with E-state index in [1.807, 2.05) is 22.9 Å². The van der Waals surface area contributed by atoms with Gasteiger partial charge in [0.2, 0.25) is 0 Å². The Morgan fingerprint density at radius 1 is 1.14 bits per heavy atom. The number of benzene rings is 1. The number of aromatic amines is 1. The first-order chi connectivity index (χ1) is 10.7. The molecule has 22 heavy (non-hydrogen) atoms. The summed E-state index contributed by atoms with van der Waals surface area (Å²) in [6.07, 6.45) is 0. The molecule has 0 radical (unpaired) electrons. The van der Waals surface area contributed by atoms with E-state index in [1.54, 1.807) is 23.5 Å². The Balaban J connectivity index is 1.94. The first-order valence-corrected chi connectivity index (χ1v) is 8.29. The second-order valence-electron chi connectivity index (χ2n) is 4.73. The van der Waals surface area contributed by atoms with Crippen LogP contribution in [0.3, 0.4) is 0 Å². The van der Waals surface area contributed by atoms with Gasteiger partial charge in [-0.25, -0.2) is 9.37 Å². The lowest BCUT2D eigenvalue weighted by Crippen LogP contribution is -2.08. The lowest BCUT2D eigenvalue weighted by Gasteiger charge is -2.02. The van der Waals surface area contributed by atoms with E-state index in [-0.39, 0.29) is 11.4 Å². The van der Waals surface area contributed by atoms with Crippen LogP contribution in [0.2, 0.25) is 0 Å². The first kappa shape index (κ1) is 13.4. The van der Waals surface area contributed by atoms with Gasteiger partial charge in [-0.2, -0.15) is 0 Å². The molecular weight excluding hydrogens is 319 g/mol. The van der Waals surface area contributed by atoms with Crippen molar-refractivity contribution in [1.29, 1.82) is 0 Å². The Bertz CT molecular complexity index is 1020. The standard InChI is InChI=1S/C16H9FN2OS2/c17-10-4-1-3-9(7-10)14-18-15(20)13-11(8-22-16(13)19-14)12-5-2-6-21-12/h1-8H,(H,18,19,20). The number of hydrogen-bond donors (Lipinski definition) is 1. The quantitative estimate of drug-likeness (QED) is 0.588. The van der Waals surface area contributed by atoms with Gasteiger partial charge in [0, 0.05) is 21.4 Å². The molecule has 0 aliphatic rings. The number of hydrogen-bond acceptors (Lipinski definition) is 4. The van der Waals surface area contributed by atoms with Crippen molar-refractivity contribution >= 4 is 32.9 Å². The topological polar surface area (TPSA) is 45.8 Å². The van der Waals surface area contributed by atoms with Crippen LogP contribution in [0.25, 0.3) is 32.0 Å². The molecule has 0 aliphatic heterocycles. The molecule has 3 heterocycles. The number of thiophene rings is 2. The van der Waals surface area contributed by atoms with Crippen molar-refractivity contribution in [2.45, 2.75) is 0 Å². The second kappa shape index (κ2) is 5.15. The summed E-state index contributed by atoms with van der Waals surface area (Å²) < 4.78 is 13.3. The van der Waals surface area contributed by atoms with Crippen LogP contribution in [-0.2, 0) is 0 Å². The van der Waals surface area contributed by atoms with Crippen molar-refractivity contribution < 1.29 is 4.39 Å². The van der Waals surface area contributed by atoms with Gasteiger partial charge < -0.3 is 4.98 Å². The second-order valence-corrected chi connectivity index (χ2v) is 6.54. The van der Waals surface area contributed by atoms with E-state index in [4.69, 9.17) is 0 Å². The molecule has 1 N–H and O–H groups in total. The summed E-state index contributed by atoms with van der Waals surface area (Å²) in [6.45, 7) is 0. The average Bonchev–Trinajstić information content (AvgIpc) is 3.16. The van der Waals surface area contributed by atoms with Crippen LogP contribution in [0.5, 0.6) is 0 Å². The molecule has 0 saturated heterocycles. The minimum absolute atomic E-state index is 0.200. The molecule has 0 fully saturated rings. The van der Waals surface area contributed by atoms with Crippen molar-refractivity contribution in [3.63, 3.8) is 0 Å². The highest BCUT2D eigenvalue weighted by Crippen LogP contribution is 2.34. The third kappa shape index (κ3) is 2.17. The maximum atomic E-state index is 13.3. The van der Waals surface area contributed by atoms with Gasteiger partial charge in [-0.1, -0.05) is 18.2 Å². The Kier molecular flexibility index (Phi) is 3.13. The minimum Gasteiger partial charge on any atom is -0.306 e. The van der Waals surface area contributed by atoms with Gasteiger partial charge in [-0.05, 0) is 23.6 Å². The lowest BCUT2D eigenvalue weighted by molar-refractivity contribution is 0.628. The SMILES string of the molecule is O=c1[nH]c(-c2cccc(F)c2)nc2scc(-c3cccs3)c12. The zero-order chi connectivity index (χ0) is 15.1. The van der Waals surface area contributed by atoms with Crippen LogP contribution < -0.4 is 5.56 Å². The zero-order valence-electron chi connectivity index (χ0n) is 11.2. The largest absolute Gasteiger partial charge is 0.306 e. The average molecular weight is 328 g/mol. The molecule has 1 aromatic carbocycles. The fourth-order valence-electron chi connectivity index (χ4n) is 2.33. The first-order valence-electron chi connectivity index (χ1n) is 6.54. The van der Waals surface area contributed by atoms with Gasteiger partial charge in [0.25, 0.3) is 5.56 Å². The molecule has 4 rings (SSSR count). The number of fused-ring (bicyclic) bond motifs is 1. The number of H-pyrrole nitrogens is 1. The van der Waals surface area contributed by atoms with Crippen LogP contribution in [-0.4, -0.2) is 9.97 Å². The smallest absolute Gasteiger partial charge is 0.260 e. The molecule has 0 atom stereocenters. The van der Waals surface area contributed by atoms with Crippen LogP contribution in [0.4, 0.5) is 4.39 Å². The number of rotatable bonds is 2. The molecule has 0 aliphatic carbocycles. The predicted octanol–water partition coefficient (Wildman–Crippen LogP) is 4.52. The van der Waals surface area contributed by atoms with Crippen LogP contribution in [0, 0.1) is 5.82 Å². The monoisotopic (exact) mass is 328 g/mol. The molecule has 4 aromatic rings. The highest BCUT2D eigenvalue weighted by molar-refractivity contribution is 7.18. The summed E-state index contributed by atoms with van der Waals surface area (Å²) in [5.74, 6) is 0.0299. The van der Waals surface area contributed by atoms with E-state index in [2.05, 4.69) is 9.97 Å². The highest BCUT2D eigenvalue weighted by atomic mass is 32.1. The molecule has 0 spiro atoms. The van der Waals surface area contributed by atoms with E-state index in [1.165, 1.54) is 23.5 Å². The molecule has 3 nitrogen and oxygen atoms in total. The Hall–Kier alpha value is -2.31. The summed E-state index contributed by atoms with van der Waals surface area (Å²) in [6, 6.07) is 9.97. The van der Waals surface area contributed by atoms with Crippen LogP contribution in [0.1, 0.15) is 0 Å². The fourth-order valence-corrected chi connectivity index (χ4v) is 4.10. The van der Waals surface area contributed by atoms with Gasteiger partial charge in [-0.15, -0.1) is 22.7 Å². The van der Waals surface area contributed by atoms with E-state index in [9.17, 15) is 9.18 Å². The van der Waals surface area contributed by atoms with Crippen molar-refractivity contribution in [3.05, 3.63) is 63.3 Å². The molecule has 3 aromatic heterocycles. The minimum atomic E-state index is -0.356. The molecule has 6 heteroatoms. The van der Waals surface area contributed by atoms with Gasteiger partial charge in [-0.3, -0.25) is 4.79 Å². The highest BCUT2D eigenvalue weighted by Gasteiger charge is 2.14. The summed E-state index contributed by atoms with van der Waals surface area (Å²) in [7, 11) is 0. The van der Waals surface area contributed by atoms with Crippen molar-refractivity contribution in [2.24, 2.45) is 0 Å². The summed E-state index contributed by atoms with van der Waals surface area (Å²) in [4.78, 5) is 21.4. The normalized spacial score (nSPS) is 11.1. The zero-order valence-corrected chi connectivity index (χ0v) is 12.8. The number of nitrogens with one attached hydrogen (secondary N) is 1. The Morgan fingerprint density at radius 2 is 2.05 bits per heavy atom. The maximum Gasteiger partial charge on any atom is 0.260 e. The summed E-state index contributed by atoms with van der Waals surface area (Å²) >= 11 is 3.00. The third-order valence-electron chi connectivity index (χ3n) is 3.33. The number of halogens is 1.